The van der Waals surface area contributed by atoms with E-state index in [2.05, 4.69) is 31.0 Å². The van der Waals surface area contributed by atoms with E-state index < -0.39 is 0 Å². The van der Waals surface area contributed by atoms with Crippen molar-refractivity contribution in [1.82, 2.24) is 10.2 Å². The first-order valence-corrected chi connectivity index (χ1v) is 6.18. The number of hydrogen-bond acceptors (Lipinski definition) is 2. The fourth-order valence-corrected chi connectivity index (χ4v) is 3.32. The molecule has 0 aromatic heterocycles. The van der Waals surface area contributed by atoms with Gasteiger partial charge in [-0.1, -0.05) is 20.3 Å². The van der Waals surface area contributed by atoms with Gasteiger partial charge in [0.2, 0.25) is 0 Å². The van der Waals surface area contributed by atoms with Gasteiger partial charge in [0, 0.05) is 25.2 Å². The van der Waals surface area contributed by atoms with Gasteiger partial charge in [0.25, 0.3) is 0 Å². The summed E-state index contributed by atoms with van der Waals surface area (Å²) in [6.45, 7) is 10.9. The number of likely N-dealkylation sites (tertiary alicyclic amines) is 1. The van der Waals surface area contributed by atoms with E-state index in [1.54, 1.807) is 0 Å². The van der Waals surface area contributed by atoms with Gasteiger partial charge in [-0.15, -0.1) is 0 Å². The Balaban J connectivity index is 2.00. The Hall–Kier alpha value is -0.0800. The molecule has 0 amide bonds. The minimum absolute atomic E-state index is 0.809. The van der Waals surface area contributed by atoms with Crippen molar-refractivity contribution in [3.8, 4) is 0 Å². The normalized spacial score (nSPS) is 44.8. The third-order valence-electron chi connectivity index (χ3n) is 4.09. The number of hydrogen-bond donors (Lipinski definition) is 1. The SMILES string of the molecule is CCC1CNCC1N1CC(C)CC1C. The molecule has 14 heavy (non-hydrogen) atoms. The van der Waals surface area contributed by atoms with Crippen LogP contribution in [0.5, 0.6) is 0 Å². The van der Waals surface area contributed by atoms with Gasteiger partial charge in [0.15, 0.2) is 0 Å². The predicted octanol–water partition coefficient (Wildman–Crippen LogP) is 1.71. The van der Waals surface area contributed by atoms with E-state index in [4.69, 9.17) is 0 Å². The number of nitrogens with one attached hydrogen (secondary N) is 1. The van der Waals surface area contributed by atoms with Crippen LogP contribution in [0, 0.1) is 11.8 Å². The maximum absolute atomic E-state index is 3.54. The Bertz CT molecular complexity index is 193. The molecule has 0 radical (unpaired) electrons. The lowest BCUT2D eigenvalue weighted by molar-refractivity contribution is 0.160. The van der Waals surface area contributed by atoms with E-state index in [0.717, 1.165) is 23.9 Å². The second-order valence-corrected chi connectivity index (χ2v) is 5.28. The maximum Gasteiger partial charge on any atom is 0.0263 e. The Morgan fingerprint density at radius 1 is 1.29 bits per heavy atom. The summed E-state index contributed by atoms with van der Waals surface area (Å²) in [6.07, 6.45) is 2.72. The Labute approximate surface area is 88.1 Å². The highest BCUT2D eigenvalue weighted by Gasteiger charge is 2.37. The molecule has 0 aromatic rings. The summed E-state index contributed by atoms with van der Waals surface area (Å²) in [5, 5.41) is 3.54. The zero-order valence-corrected chi connectivity index (χ0v) is 9.79. The average molecular weight is 196 g/mol. The predicted molar refractivity (Wildman–Crippen MR) is 60.4 cm³/mol. The fraction of sp³-hybridized carbons (Fsp3) is 1.00. The molecule has 2 nitrogen and oxygen atoms in total. The van der Waals surface area contributed by atoms with E-state index in [9.17, 15) is 0 Å². The zero-order chi connectivity index (χ0) is 10.1. The second kappa shape index (κ2) is 4.19. The van der Waals surface area contributed by atoms with Gasteiger partial charge in [-0.2, -0.15) is 0 Å². The molecule has 0 saturated carbocycles. The van der Waals surface area contributed by atoms with Crippen molar-refractivity contribution in [2.24, 2.45) is 11.8 Å². The first-order chi connectivity index (χ1) is 6.72. The summed E-state index contributed by atoms with van der Waals surface area (Å²) in [5.41, 5.74) is 0. The number of rotatable bonds is 2. The Morgan fingerprint density at radius 2 is 2.07 bits per heavy atom. The largest absolute Gasteiger partial charge is 0.315 e. The van der Waals surface area contributed by atoms with Gasteiger partial charge >= 0.3 is 0 Å². The van der Waals surface area contributed by atoms with Gasteiger partial charge in [-0.3, -0.25) is 4.90 Å². The molecule has 0 aliphatic carbocycles. The van der Waals surface area contributed by atoms with Crippen LogP contribution in [0.3, 0.4) is 0 Å². The summed E-state index contributed by atoms with van der Waals surface area (Å²) >= 11 is 0. The third-order valence-corrected chi connectivity index (χ3v) is 4.09. The van der Waals surface area contributed by atoms with Crippen molar-refractivity contribution in [1.29, 1.82) is 0 Å². The first kappa shape index (κ1) is 10.4. The van der Waals surface area contributed by atoms with Crippen LogP contribution in [0.4, 0.5) is 0 Å². The fourth-order valence-electron chi connectivity index (χ4n) is 3.32. The second-order valence-electron chi connectivity index (χ2n) is 5.28. The molecule has 1 N–H and O–H groups in total. The summed E-state index contributed by atoms with van der Waals surface area (Å²) in [7, 11) is 0. The minimum atomic E-state index is 0.809. The Kier molecular flexibility index (Phi) is 3.13. The van der Waals surface area contributed by atoms with E-state index in [-0.39, 0.29) is 0 Å². The molecule has 2 fully saturated rings. The van der Waals surface area contributed by atoms with Gasteiger partial charge < -0.3 is 5.32 Å². The summed E-state index contributed by atoms with van der Waals surface area (Å²) in [5.74, 6) is 1.80. The van der Waals surface area contributed by atoms with Crippen molar-refractivity contribution in [2.75, 3.05) is 19.6 Å². The van der Waals surface area contributed by atoms with Crippen LogP contribution in [0.1, 0.15) is 33.6 Å². The van der Waals surface area contributed by atoms with Crippen molar-refractivity contribution in [3.63, 3.8) is 0 Å². The molecule has 0 spiro atoms. The zero-order valence-electron chi connectivity index (χ0n) is 9.79. The lowest BCUT2D eigenvalue weighted by Gasteiger charge is -2.31. The smallest absolute Gasteiger partial charge is 0.0263 e. The summed E-state index contributed by atoms with van der Waals surface area (Å²) in [4.78, 5) is 2.75. The van der Waals surface area contributed by atoms with Gasteiger partial charge in [-0.05, 0) is 31.7 Å². The van der Waals surface area contributed by atoms with E-state index in [1.165, 1.54) is 32.5 Å². The lowest BCUT2D eigenvalue weighted by Crippen LogP contribution is -2.42. The molecule has 4 atom stereocenters. The van der Waals surface area contributed by atoms with Gasteiger partial charge in [-0.25, -0.2) is 0 Å². The van der Waals surface area contributed by atoms with Gasteiger partial charge in [0.1, 0.15) is 0 Å². The van der Waals surface area contributed by atoms with Crippen LogP contribution in [0.15, 0.2) is 0 Å². The highest BCUT2D eigenvalue weighted by molar-refractivity contribution is 4.93. The van der Waals surface area contributed by atoms with Crippen molar-refractivity contribution in [2.45, 2.75) is 45.7 Å². The minimum Gasteiger partial charge on any atom is -0.315 e. The van der Waals surface area contributed by atoms with E-state index >= 15 is 0 Å². The molecular weight excluding hydrogens is 172 g/mol. The molecule has 2 rings (SSSR count). The van der Waals surface area contributed by atoms with Crippen molar-refractivity contribution < 1.29 is 0 Å². The van der Waals surface area contributed by atoms with E-state index in [0.29, 0.717) is 0 Å². The van der Waals surface area contributed by atoms with Crippen molar-refractivity contribution in [3.05, 3.63) is 0 Å². The molecule has 82 valence electrons. The molecule has 4 unspecified atom stereocenters. The van der Waals surface area contributed by atoms with Crippen LogP contribution in [0.25, 0.3) is 0 Å². The number of nitrogens with zero attached hydrogens (tertiary/aromatic N) is 1. The standard InChI is InChI=1S/C12H24N2/c1-4-11-6-13-7-12(11)14-8-9(2)5-10(14)3/h9-13H,4-8H2,1-3H3. The maximum atomic E-state index is 3.54. The van der Waals surface area contributed by atoms with Crippen LogP contribution >= 0.6 is 0 Å². The first-order valence-electron chi connectivity index (χ1n) is 6.18. The molecule has 2 saturated heterocycles. The Morgan fingerprint density at radius 3 is 2.64 bits per heavy atom. The lowest BCUT2D eigenvalue weighted by atomic mass is 9.99. The monoisotopic (exact) mass is 196 g/mol. The van der Waals surface area contributed by atoms with Crippen LogP contribution in [0.2, 0.25) is 0 Å². The molecule has 2 heteroatoms. The van der Waals surface area contributed by atoms with Crippen LogP contribution < -0.4 is 5.32 Å². The molecule has 2 aliphatic rings. The topological polar surface area (TPSA) is 15.3 Å². The average Bonchev–Trinajstić information content (AvgIpc) is 2.71. The summed E-state index contributed by atoms with van der Waals surface area (Å²) < 4.78 is 0. The van der Waals surface area contributed by atoms with Crippen LogP contribution in [-0.2, 0) is 0 Å². The van der Waals surface area contributed by atoms with Crippen LogP contribution in [-0.4, -0.2) is 36.6 Å². The molecular formula is C12H24N2. The quantitative estimate of drug-likeness (QED) is 0.723. The highest BCUT2D eigenvalue weighted by Crippen LogP contribution is 2.29. The van der Waals surface area contributed by atoms with Gasteiger partial charge in [0.05, 0.1) is 0 Å². The summed E-state index contributed by atoms with van der Waals surface area (Å²) in [6, 6.07) is 1.63. The third kappa shape index (κ3) is 1.82. The molecule has 2 heterocycles. The van der Waals surface area contributed by atoms with Crippen molar-refractivity contribution >= 4 is 0 Å². The molecule has 2 aliphatic heterocycles. The highest BCUT2D eigenvalue weighted by atomic mass is 15.2. The molecule has 0 aromatic carbocycles. The molecule has 0 bridgehead atoms. The van der Waals surface area contributed by atoms with E-state index in [1.807, 2.05) is 0 Å².